The zero-order valence-corrected chi connectivity index (χ0v) is 28.4. The van der Waals surface area contributed by atoms with Gasteiger partial charge < -0.3 is 34.0 Å². The van der Waals surface area contributed by atoms with Crippen molar-refractivity contribution in [2.75, 3.05) is 13.7 Å². The summed E-state index contributed by atoms with van der Waals surface area (Å²) >= 11 is 0. The van der Waals surface area contributed by atoms with Crippen molar-refractivity contribution in [1.82, 2.24) is 14.9 Å². The summed E-state index contributed by atoms with van der Waals surface area (Å²) < 4.78 is 19.1. The van der Waals surface area contributed by atoms with Crippen LogP contribution in [0.5, 0.6) is 0 Å². The topological polar surface area (TPSA) is 148 Å². The van der Waals surface area contributed by atoms with E-state index < -0.39 is 29.1 Å². The van der Waals surface area contributed by atoms with Crippen LogP contribution in [0.15, 0.2) is 52.2 Å². The molecule has 0 saturated carbocycles. The average molecular weight is 637 g/mol. The van der Waals surface area contributed by atoms with E-state index in [-0.39, 0.29) is 25.0 Å². The third-order valence-corrected chi connectivity index (χ3v) is 7.52. The molecule has 250 valence electrons. The van der Waals surface area contributed by atoms with E-state index in [1.165, 1.54) is 0 Å². The van der Waals surface area contributed by atoms with E-state index in [2.05, 4.69) is 33.4 Å². The largest absolute Gasteiger partial charge is 0.480 e. The van der Waals surface area contributed by atoms with Crippen LogP contribution >= 0.6 is 0 Å². The Morgan fingerprint density at radius 2 is 1.93 bits per heavy atom. The minimum absolute atomic E-state index is 0.0138. The van der Waals surface area contributed by atoms with E-state index in [4.69, 9.17) is 13.9 Å². The number of benzene rings is 1. The number of nitrogens with one attached hydrogen (secondary N) is 1. The van der Waals surface area contributed by atoms with Gasteiger partial charge in [0.05, 0.1) is 30.1 Å². The number of oxazole rings is 1. The molecule has 3 aromatic rings. The summed E-state index contributed by atoms with van der Waals surface area (Å²) in [5.74, 6) is -0.642. The van der Waals surface area contributed by atoms with Crippen molar-refractivity contribution in [3.63, 3.8) is 0 Å². The first-order valence-corrected chi connectivity index (χ1v) is 15.4. The lowest BCUT2D eigenvalue weighted by molar-refractivity contribution is -0.139. The molecule has 0 radical (unpaired) electrons. The van der Waals surface area contributed by atoms with Crippen LogP contribution < -0.4 is 5.32 Å². The van der Waals surface area contributed by atoms with Gasteiger partial charge in [-0.15, -0.1) is 0 Å². The maximum atomic E-state index is 12.2. The third-order valence-electron chi connectivity index (χ3n) is 7.52. The van der Waals surface area contributed by atoms with Crippen molar-refractivity contribution < 1.29 is 33.7 Å². The number of carboxylic acids is 1. The van der Waals surface area contributed by atoms with Gasteiger partial charge in [0, 0.05) is 48.5 Å². The van der Waals surface area contributed by atoms with Crippen LogP contribution in [0.4, 0.5) is 4.79 Å². The van der Waals surface area contributed by atoms with Gasteiger partial charge in [-0.05, 0) is 77.1 Å². The average Bonchev–Trinajstić information content (AvgIpc) is 3.57. The van der Waals surface area contributed by atoms with Crippen LogP contribution in [0.2, 0.25) is 0 Å². The fraction of sp³-hybridized carbons (Fsp3) is 0.486. The van der Waals surface area contributed by atoms with Gasteiger partial charge in [0.25, 0.3) is 0 Å². The number of carbonyl (C=O) groups excluding carboxylic acids is 1. The van der Waals surface area contributed by atoms with E-state index in [1.807, 2.05) is 52.0 Å². The molecule has 0 aliphatic carbocycles. The summed E-state index contributed by atoms with van der Waals surface area (Å²) in [6, 6.07) is 4.67. The van der Waals surface area contributed by atoms with Crippen molar-refractivity contribution in [1.29, 1.82) is 0 Å². The summed E-state index contributed by atoms with van der Waals surface area (Å²) in [7, 11) is 1.64. The van der Waals surface area contributed by atoms with Gasteiger partial charge in [-0.3, -0.25) is 4.99 Å². The zero-order valence-electron chi connectivity index (χ0n) is 28.4. The molecule has 2 atom stereocenters. The van der Waals surface area contributed by atoms with Crippen LogP contribution in [-0.2, 0) is 33.7 Å². The first-order chi connectivity index (χ1) is 21.6. The van der Waals surface area contributed by atoms with Gasteiger partial charge in [0.1, 0.15) is 11.6 Å². The second kappa shape index (κ2) is 14.9. The van der Waals surface area contributed by atoms with Gasteiger partial charge in [-0.25, -0.2) is 14.6 Å². The van der Waals surface area contributed by atoms with Crippen molar-refractivity contribution in [2.24, 2.45) is 10.4 Å². The lowest BCUT2D eigenvalue weighted by Gasteiger charge is -2.24. The molecular formula is C35H48N4O7. The highest BCUT2D eigenvalue weighted by molar-refractivity contribution is 5.95. The quantitative estimate of drug-likeness (QED) is 0.136. The number of rotatable bonds is 14. The minimum Gasteiger partial charge on any atom is -0.480 e. The van der Waals surface area contributed by atoms with Crippen molar-refractivity contribution in [3.05, 3.63) is 59.9 Å². The summed E-state index contributed by atoms with van der Waals surface area (Å²) in [4.78, 5) is 33.1. The smallest absolute Gasteiger partial charge is 0.408 e. The molecule has 0 spiro atoms. The number of aliphatic carboxylic acids is 1. The number of hydrogen-bond acceptors (Lipinski definition) is 8. The molecule has 46 heavy (non-hydrogen) atoms. The SMILES string of the molecule is C=C/C(=C(\N=C/C)[C@H](C)OC)c1c(CC(C)(C)CO)c2cc(-c3cnc(C[C@H](NC(=O)OC(C)(C)C)C(=O)O)o3)ccc2n1CC. The van der Waals surface area contributed by atoms with Crippen LogP contribution in [0.3, 0.4) is 0 Å². The summed E-state index contributed by atoms with van der Waals surface area (Å²) in [6.45, 7) is 19.8. The number of carbonyl (C=O) groups is 2. The normalized spacial score (nSPS) is 14.3. The molecule has 11 heteroatoms. The number of hydrogen-bond donors (Lipinski definition) is 3. The molecular weight excluding hydrogens is 588 g/mol. The molecule has 1 aromatic carbocycles. The Morgan fingerprint density at radius 1 is 1.24 bits per heavy atom. The highest BCUT2D eigenvalue weighted by Crippen LogP contribution is 2.39. The standard InChI is InChI=1S/C35H48N4O7/c1-11-23(30(36-12-2)21(4)44-10)31-25(18-35(8,9)20-40)24-16-22(14-15-27(24)39(31)13-3)28-19-37-29(45-28)17-26(32(41)42)38-33(43)46-34(5,6)7/h11-12,14-16,19,21,26,40H,1,13,17-18,20H2,2-10H3,(H,38,43)(H,41,42)/b30-23+,36-12-/t21-,26-/m0/s1. The van der Waals surface area contributed by atoms with E-state index in [0.29, 0.717) is 18.7 Å². The number of alkyl carbamates (subject to hydrolysis) is 1. The Labute approximate surface area is 271 Å². The Balaban J connectivity index is 2.17. The van der Waals surface area contributed by atoms with E-state index >= 15 is 0 Å². The van der Waals surface area contributed by atoms with E-state index in [9.17, 15) is 19.8 Å². The van der Waals surface area contributed by atoms with E-state index in [1.54, 1.807) is 40.3 Å². The zero-order chi connectivity index (χ0) is 34.4. The molecule has 2 heterocycles. The number of aromatic nitrogens is 2. The number of amides is 1. The van der Waals surface area contributed by atoms with Gasteiger partial charge >= 0.3 is 12.1 Å². The summed E-state index contributed by atoms with van der Waals surface area (Å²) in [6.07, 6.45) is 4.34. The van der Waals surface area contributed by atoms with Crippen LogP contribution in [0, 0.1) is 5.41 Å². The predicted molar refractivity (Wildman–Crippen MR) is 180 cm³/mol. The number of methoxy groups -OCH3 is 1. The molecule has 3 rings (SSSR count). The van der Waals surface area contributed by atoms with Gasteiger partial charge in [-0.2, -0.15) is 0 Å². The highest BCUT2D eigenvalue weighted by atomic mass is 16.6. The molecule has 0 bridgehead atoms. The lowest BCUT2D eigenvalue weighted by atomic mass is 9.84. The van der Waals surface area contributed by atoms with Gasteiger partial charge in [-0.1, -0.05) is 26.5 Å². The Hall–Kier alpha value is -4.22. The molecule has 0 aliphatic heterocycles. The van der Waals surface area contributed by atoms with Crippen LogP contribution in [0.1, 0.15) is 72.5 Å². The Bertz CT molecular complexity index is 1620. The van der Waals surface area contributed by atoms with Gasteiger partial charge in [0.15, 0.2) is 11.7 Å². The molecule has 2 aromatic heterocycles. The molecule has 0 fully saturated rings. The summed E-state index contributed by atoms with van der Waals surface area (Å²) in [5.41, 5.74) is 4.07. The number of ether oxygens (including phenoxy) is 2. The van der Waals surface area contributed by atoms with E-state index in [0.717, 1.165) is 39.0 Å². The second-order valence-electron chi connectivity index (χ2n) is 12.9. The monoisotopic (exact) mass is 636 g/mol. The number of nitrogens with zero attached hydrogens (tertiary/aromatic N) is 3. The number of aliphatic hydroxyl groups is 1. The molecule has 1 amide bonds. The number of allylic oxidation sites excluding steroid dienone is 2. The number of fused-ring (bicyclic) bond motifs is 1. The maximum Gasteiger partial charge on any atom is 0.408 e. The molecule has 0 unspecified atom stereocenters. The first-order valence-electron chi connectivity index (χ1n) is 15.4. The lowest BCUT2D eigenvalue weighted by Crippen LogP contribution is -2.44. The highest BCUT2D eigenvalue weighted by Gasteiger charge is 2.29. The van der Waals surface area contributed by atoms with Crippen molar-refractivity contribution in [3.8, 4) is 11.3 Å². The van der Waals surface area contributed by atoms with Crippen molar-refractivity contribution in [2.45, 2.75) is 92.5 Å². The second-order valence-corrected chi connectivity index (χ2v) is 12.9. The Kier molecular flexibility index (Phi) is 11.8. The predicted octanol–water partition coefficient (Wildman–Crippen LogP) is 6.42. The molecule has 11 nitrogen and oxygen atoms in total. The molecule has 0 aliphatic rings. The maximum absolute atomic E-state index is 12.2. The fourth-order valence-electron chi connectivity index (χ4n) is 5.26. The number of carboxylic acid groups (broad SMARTS) is 1. The van der Waals surface area contributed by atoms with Crippen LogP contribution in [-0.4, -0.2) is 69.5 Å². The number of aliphatic hydroxyl groups excluding tert-OH is 1. The van der Waals surface area contributed by atoms with Crippen molar-refractivity contribution >= 4 is 34.8 Å². The summed E-state index contributed by atoms with van der Waals surface area (Å²) in [5, 5.41) is 23.3. The minimum atomic E-state index is -1.30. The van der Waals surface area contributed by atoms with Gasteiger partial charge in [0.2, 0.25) is 0 Å². The Morgan fingerprint density at radius 3 is 2.48 bits per heavy atom. The molecule has 0 saturated heterocycles. The molecule has 3 N–H and O–H groups in total. The number of aryl methyl sites for hydroxylation is 1. The first kappa shape index (κ1) is 36.3. The fourth-order valence-corrected chi connectivity index (χ4v) is 5.26. The number of aliphatic imine (C=N–C) groups is 1. The van der Waals surface area contributed by atoms with Crippen LogP contribution in [0.25, 0.3) is 27.8 Å². The third kappa shape index (κ3) is 8.52.